The first-order chi connectivity index (χ1) is 13.7. The second-order valence-electron chi connectivity index (χ2n) is 6.25. The van der Waals surface area contributed by atoms with Crippen LogP contribution in [0.3, 0.4) is 0 Å². The molecule has 2 heterocycles. The normalized spacial score (nSPS) is 10.9. The monoisotopic (exact) mass is 391 g/mol. The van der Waals surface area contributed by atoms with Crippen LogP contribution in [-0.2, 0) is 4.74 Å². The molecular weight excluding hydrogens is 374 g/mol. The van der Waals surface area contributed by atoms with Crippen LogP contribution in [0, 0.1) is 0 Å². The molecule has 6 heteroatoms. The molecule has 5 nitrogen and oxygen atoms in total. The van der Waals surface area contributed by atoms with Gasteiger partial charge >= 0.3 is 5.97 Å². The first kappa shape index (κ1) is 18.1. The molecule has 2 aromatic heterocycles. The standard InChI is InChI=1S/C22H17NO4S/c24-19(20-9-5-13-28-20)8-4-12-26-22(25)16-10-11-18-17(14-16)21(27-23-18)15-6-2-1-3-7-15/h1-3,5-7,9-11,13-14H,4,8,12H2. The number of aromatic nitrogens is 1. The van der Waals surface area contributed by atoms with E-state index in [0.717, 1.165) is 15.8 Å². The lowest BCUT2D eigenvalue weighted by Crippen LogP contribution is -2.08. The molecule has 0 spiro atoms. The van der Waals surface area contributed by atoms with Gasteiger partial charge in [-0.05, 0) is 36.1 Å². The molecule has 0 fully saturated rings. The van der Waals surface area contributed by atoms with Crippen molar-refractivity contribution in [2.24, 2.45) is 0 Å². The molecule has 0 saturated carbocycles. The lowest BCUT2D eigenvalue weighted by Gasteiger charge is -2.05. The van der Waals surface area contributed by atoms with Crippen molar-refractivity contribution >= 4 is 34.0 Å². The number of rotatable bonds is 7. The Morgan fingerprint density at radius 2 is 1.89 bits per heavy atom. The Labute approximate surface area is 165 Å². The highest BCUT2D eigenvalue weighted by Gasteiger charge is 2.15. The summed E-state index contributed by atoms with van der Waals surface area (Å²) in [4.78, 5) is 25.1. The molecule has 140 valence electrons. The molecule has 0 bridgehead atoms. The average molecular weight is 391 g/mol. The SMILES string of the molecule is O=C(OCCCC(=O)c1cccs1)c1ccc2noc(-c3ccccc3)c2c1. The van der Waals surface area contributed by atoms with E-state index in [-0.39, 0.29) is 12.4 Å². The van der Waals surface area contributed by atoms with E-state index in [2.05, 4.69) is 5.16 Å². The van der Waals surface area contributed by atoms with Crippen LogP contribution in [0.25, 0.3) is 22.2 Å². The molecule has 0 aliphatic heterocycles. The number of nitrogens with zero attached hydrogens (tertiary/aromatic N) is 1. The molecule has 0 saturated heterocycles. The summed E-state index contributed by atoms with van der Waals surface area (Å²) in [6.07, 6.45) is 0.851. The van der Waals surface area contributed by atoms with Crippen molar-refractivity contribution in [3.05, 3.63) is 76.5 Å². The number of benzene rings is 2. The Balaban J connectivity index is 1.41. The van der Waals surface area contributed by atoms with Gasteiger partial charge in [0, 0.05) is 12.0 Å². The second kappa shape index (κ2) is 8.19. The van der Waals surface area contributed by atoms with E-state index in [1.54, 1.807) is 24.3 Å². The van der Waals surface area contributed by atoms with Crippen molar-refractivity contribution in [2.45, 2.75) is 12.8 Å². The molecule has 0 radical (unpaired) electrons. The molecular formula is C22H17NO4S. The third kappa shape index (κ3) is 3.87. The minimum atomic E-state index is -0.425. The summed E-state index contributed by atoms with van der Waals surface area (Å²) in [7, 11) is 0. The number of thiophene rings is 1. The van der Waals surface area contributed by atoms with Crippen LogP contribution in [0.5, 0.6) is 0 Å². The van der Waals surface area contributed by atoms with Gasteiger partial charge < -0.3 is 9.26 Å². The topological polar surface area (TPSA) is 69.4 Å². The van der Waals surface area contributed by atoms with Gasteiger partial charge in [0.1, 0.15) is 5.52 Å². The average Bonchev–Trinajstić information content (AvgIpc) is 3.41. The van der Waals surface area contributed by atoms with Gasteiger partial charge in [0.05, 0.1) is 22.4 Å². The maximum absolute atomic E-state index is 12.4. The summed E-state index contributed by atoms with van der Waals surface area (Å²) in [6, 6.07) is 18.4. The minimum absolute atomic E-state index is 0.0736. The Bertz CT molecular complexity index is 1100. The zero-order valence-electron chi connectivity index (χ0n) is 15.0. The smallest absolute Gasteiger partial charge is 0.338 e. The zero-order chi connectivity index (χ0) is 19.3. The van der Waals surface area contributed by atoms with Gasteiger partial charge in [0.25, 0.3) is 0 Å². The van der Waals surface area contributed by atoms with Gasteiger partial charge in [-0.15, -0.1) is 11.3 Å². The van der Waals surface area contributed by atoms with E-state index in [1.165, 1.54) is 11.3 Å². The van der Waals surface area contributed by atoms with Crippen LogP contribution in [0.1, 0.15) is 32.9 Å². The molecule has 0 amide bonds. The number of fused-ring (bicyclic) bond motifs is 1. The van der Waals surface area contributed by atoms with Crippen molar-refractivity contribution in [1.29, 1.82) is 0 Å². The second-order valence-corrected chi connectivity index (χ2v) is 7.20. The van der Waals surface area contributed by atoms with E-state index in [0.29, 0.717) is 29.7 Å². The lowest BCUT2D eigenvalue weighted by molar-refractivity contribution is 0.0494. The molecule has 0 unspecified atom stereocenters. The first-order valence-electron chi connectivity index (χ1n) is 8.91. The van der Waals surface area contributed by atoms with Crippen molar-refractivity contribution < 1.29 is 18.8 Å². The quantitative estimate of drug-likeness (QED) is 0.240. The van der Waals surface area contributed by atoms with Crippen molar-refractivity contribution in [3.63, 3.8) is 0 Å². The maximum atomic E-state index is 12.4. The van der Waals surface area contributed by atoms with Crippen LogP contribution >= 0.6 is 11.3 Å². The summed E-state index contributed by atoms with van der Waals surface area (Å²) in [5, 5.41) is 6.68. The molecule has 0 aliphatic carbocycles. The summed E-state index contributed by atoms with van der Waals surface area (Å²) in [6.45, 7) is 0.198. The molecule has 4 rings (SSSR count). The number of ketones is 1. The van der Waals surface area contributed by atoms with Gasteiger partial charge in [-0.1, -0.05) is 41.6 Å². The van der Waals surface area contributed by atoms with Crippen molar-refractivity contribution in [2.75, 3.05) is 6.61 Å². The van der Waals surface area contributed by atoms with Crippen LogP contribution < -0.4 is 0 Å². The van der Waals surface area contributed by atoms with E-state index in [1.807, 2.05) is 41.8 Å². The number of esters is 1. The van der Waals surface area contributed by atoms with E-state index >= 15 is 0 Å². The Morgan fingerprint density at radius 1 is 1.04 bits per heavy atom. The third-order valence-electron chi connectivity index (χ3n) is 4.33. The van der Waals surface area contributed by atoms with Crippen LogP contribution in [0.2, 0.25) is 0 Å². The van der Waals surface area contributed by atoms with Crippen LogP contribution in [0.15, 0.2) is 70.6 Å². The predicted molar refractivity (Wildman–Crippen MR) is 108 cm³/mol. The highest BCUT2D eigenvalue weighted by Crippen LogP contribution is 2.29. The molecule has 28 heavy (non-hydrogen) atoms. The highest BCUT2D eigenvalue weighted by atomic mass is 32.1. The number of hydrogen-bond acceptors (Lipinski definition) is 6. The maximum Gasteiger partial charge on any atom is 0.338 e. The summed E-state index contributed by atoms with van der Waals surface area (Å²) in [5.41, 5.74) is 2.00. The van der Waals surface area contributed by atoms with Gasteiger partial charge in [0.15, 0.2) is 11.5 Å². The van der Waals surface area contributed by atoms with Gasteiger partial charge in [-0.3, -0.25) is 4.79 Å². The number of carbonyl (C=O) groups is 2. The number of ether oxygens (including phenoxy) is 1. The highest BCUT2D eigenvalue weighted by molar-refractivity contribution is 7.12. The summed E-state index contributed by atoms with van der Waals surface area (Å²) < 4.78 is 10.8. The number of carbonyl (C=O) groups excluding carboxylic acids is 2. The van der Waals surface area contributed by atoms with Crippen molar-refractivity contribution in [1.82, 2.24) is 5.16 Å². The number of Topliss-reactive ketones (excluding diaryl/α,β-unsaturated/α-hetero) is 1. The minimum Gasteiger partial charge on any atom is -0.462 e. The molecule has 0 aliphatic rings. The van der Waals surface area contributed by atoms with Gasteiger partial charge in [-0.25, -0.2) is 4.79 Å². The first-order valence-corrected chi connectivity index (χ1v) is 9.79. The fraction of sp³-hybridized carbons (Fsp3) is 0.136. The molecule has 0 N–H and O–H groups in total. The molecule has 2 aromatic carbocycles. The van der Waals surface area contributed by atoms with E-state index in [9.17, 15) is 9.59 Å². The summed E-state index contributed by atoms with van der Waals surface area (Å²) in [5.74, 6) is 0.266. The Kier molecular flexibility index (Phi) is 5.30. The lowest BCUT2D eigenvalue weighted by atomic mass is 10.1. The largest absolute Gasteiger partial charge is 0.462 e. The zero-order valence-corrected chi connectivity index (χ0v) is 15.8. The van der Waals surface area contributed by atoms with Crippen LogP contribution in [0.4, 0.5) is 0 Å². The number of hydrogen-bond donors (Lipinski definition) is 0. The molecule has 0 atom stereocenters. The van der Waals surface area contributed by atoms with Gasteiger partial charge in [-0.2, -0.15) is 0 Å². The fourth-order valence-electron chi connectivity index (χ4n) is 2.91. The Morgan fingerprint density at radius 3 is 2.68 bits per heavy atom. The summed E-state index contributed by atoms with van der Waals surface area (Å²) >= 11 is 1.42. The van der Waals surface area contributed by atoms with Crippen LogP contribution in [-0.4, -0.2) is 23.5 Å². The van der Waals surface area contributed by atoms with E-state index < -0.39 is 5.97 Å². The van der Waals surface area contributed by atoms with Crippen molar-refractivity contribution in [3.8, 4) is 11.3 Å². The Hall–Kier alpha value is -3.25. The third-order valence-corrected chi connectivity index (χ3v) is 5.24. The fourth-order valence-corrected chi connectivity index (χ4v) is 3.60. The predicted octanol–water partition coefficient (Wildman–Crippen LogP) is 5.38. The molecule has 4 aromatic rings. The van der Waals surface area contributed by atoms with E-state index in [4.69, 9.17) is 9.26 Å². The van der Waals surface area contributed by atoms with Gasteiger partial charge in [0.2, 0.25) is 0 Å².